The number of carbonyl (C=O) groups excluding carboxylic acids is 2. The molecule has 1 amide bonds. The fourth-order valence-electron chi connectivity index (χ4n) is 3.09. The molecule has 0 aliphatic heterocycles. The summed E-state index contributed by atoms with van der Waals surface area (Å²) < 4.78 is 12.5. The lowest BCUT2D eigenvalue weighted by atomic mass is 10.2. The largest absolute Gasteiger partial charge is 0.464 e. The van der Waals surface area contributed by atoms with Crippen LogP contribution in [-0.2, 0) is 20.7 Å². The lowest BCUT2D eigenvalue weighted by Gasteiger charge is -2.26. The number of esters is 1. The number of hydrogen-bond acceptors (Lipinski definition) is 7. The Morgan fingerprint density at radius 1 is 1.09 bits per heavy atom. The Balaban J connectivity index is 1.55. The standard InChI is InChI=1S/C23H29N5O4/c1-16-14-17(2)28-21(24-16)25-19(26-28)12-9-13-31-20(29)15-27(18-10-7-6-8-11-18)22(30)32-23(3,4)5/h6-8,10-11,14H,9,12-13,15H2,1-5H3. The van der Waals surface area contributed by atoms with Gasteiger partial charge in [-0.1, -0.05) is 18.2 Å². The van der Waals surface area contributed by atoms with Gasteiger partial charge in [-0.15, -0.1) is 5.10 Å². The molecule has 0 aliphatic carbocycles. The molecule has 0 fully saturated rings. The number of aryl methyl sites for hydroxylation is 3. The number of carbonyl (C=O) groups is 2. The molecule has 0 aliphatic rings. The summed E-state index contributed by atoms with van der Waals surface area (Å²) in [6.45, 7) is 9.14. The Bertz CT molecular complexity index is 1090. The van der Waals surface area contributed by atoms with E-state index in [4.69, 9.17) is 9.47 Å². The van der Waals surface area contributed by atoms with Crippen LogP contribution in [0.15, 0.2) is 36.4 Å². The van der Waals surface area contributed by atoms with Crippen molar-refractivity contribution in [3.63, 3.8) is 0 Å². The van der Waals surface area contributed by atoms with Crippen LogP contribution in [0.4, 0.5) is 10.5 Å². The van der Waals surface area contributed by atoms with Gasteiger partial charge in [0, 0.05) is 23.5 Å². The SMILES string of the molecule is Cc1cc(C)n2nc(CCCOC(=O)CN(C(=O)OC(C)(C)C)c3ccccc3)nc2n1. The predicted molar refractivity (Wildman–Crippen MR) is 120 cm³/mol. The van der Waals surface area contributed by atoms with Crippen LogP contribution in [0.2, 0.25) is 0 Å². The number of rotatable bonds is 7. The quantitative estimate of drug-likeness (QED) is 0.409. The van der Waals surface area contributed by atoms with Gasteiger partial charge >= 0.3 is 12.1 Å². The summed E-state index contributed by atoms with van der Waals surface area (Å²) in [7, 11) is 0. The first-order valence-corrected chi connectivity index (χ1v) is 10.5. The van der Waals surface area contributed by atoms with E-state index in [0.717, 1.165) is 11.4 Å². The molecule has 0 saturated heterocycles. The van der Waals surface area contributed by atoms with E-state index < -0.39 is 17.7 Å². The van der Waals surface area contributed by atoms with E-state index in [9.17, 15) is 9.59 Å². The highest BCUT2D eigenvalue weighted by molar-refractivity contribution is 5.93. The van der Waals surface area contributed by atoms with Gasteiger partial charge < -0.3 is 9.47 Å². The average Bonchev–Trinajstić information content (AvgIpc) is 3.12. The highest BCUT2D eigenvalue weighted by atomic mass is 16.6. The molecule has 1 aromatic carbocycles. The van der Waals surface area contributed by atoms with Gasteiger partial charge in [0.05, 0.1) is 6.61 Å². The van der Waals surface area contributed by atoms with Crippen LogP contribution in [0.5, 0.6) is 0 Å². The average molecular weight is 440 g/mol. The van der Waals surface area contributed by atoms with E-state index in [1.54, 1.807) is 49.6 Å². The van der Waals surface area contributed by atoms with E-state index in [-0.39, 0.29) is 13.2 Å². The summed E-state index contributed by atoms with van der Waals surface area (Å²) in [5.41, 5.74) is 1.73. The van der Waals surface area contributed by atoms with Crippen LogP contribution in [0.3, 0.4) is 0 Å². The Morgan fingerprint density at radius 2 is 1.81 bits per heavy atom. The maximum atomic E-state index is 12.6. The topological polar surface area (TPSA) is 98.9 Å². The molecule has 32 heavy (non-hydrogen) atoms. The fourth-order valence-corrected chi connectivity index (χ4v) is 3.09. The van der Waals surface area contributed by atoms with Gasteiger partial charge in [-0.3, -0.25) is 9.69 Å². The Morgan fingerprint density at radius 3 is 2.50 bits per heavy atom. The van der Waals surface area contributed by atoms with Crippen LogP contribution in [-0.4, -0.2) is 50.4 Å². The van der Waals surface area contributed by atoms with Crippen LogP contribution in [0.25, 0.3) is 5.78 Å². The summed E-state index contributed by atoms with van der Waals surface area (Å²) in [6.07, 6.45) is 0.495. The molecule has 3 aromatic rings. The molecule has 0 unspecified atom stereocenters. The van der Waals surface area contributed by atoms with Crippen molar-refractivity contribution >= 4 is 23.5 Å². The molecular formula is C23H29N5O4. The molecule has 0 saturated carbocycles. The molecule has 0 N–H and O–H groups in total. The van der Waals surface area contributed by atoms with Crippen molar-refractivity contribution in [3.8, 4) is 0 Å². The van der Waals surface area contributed by atoms with Gasteiger partial charge in [-0.05, 0) is 59.2 Å². The van der Waals surface area contributed by atoms with Gasteiger partial charge in [-0.25, -0.2) is 14.3 Å². The first kappa shape index (κ1) is 23.2. The second kappa shape index (κ2) is 9.76. The van der Waals surface area contributed by atoms with Crippen LogP contribution >= 0.6 is 0 Å². The van der Waals surface area contributed by atoms with Gasteiger partial charge in [-0.2, -0.15) is 4.98 Å². The third-order valence-electron chi connectivity index (χ3n) is 4.44. The molecule has 3 rings (SSSR count). The van der Waals surface area contributed by atoms with E-state index in [1.807, 2.05) is 26.0 Å². The van der Waals surface area contributed by atoms with Crippen LogP contribution in [0, 0.1) is 13.8 Å². The minimum absolute atomic E-state index is 0.191. The van der Waals surface area contributed by atoms with Crippen LogP contribution in [0.1, 0.15) is 44.4 Å². The number of aromatic nitrogens is 4. The molecule has 170 valence electrons. The highest BCUT2D eigenvalue weighted by Crippen LogP contribution is 2.18. The molecular weight excluding hydrogens is 410 g/mol. The summed E-state index contributed by atoms with van der Waals surface area (Å²) >= 11 is 0. The number of benzene rings is 1. The van der Waals surface area contributed by atoms with Gasteiger partial charge in [0.1, 0.15) is 12.1 Å². The smallest absolute Gasteiger partial charge is 0.415 e. The zero-order valence-electron chi connectivity index (χ0n) is 19.2. The first-order valence-electron chi connectivity index (χ1n) is 10.5. The first-order chi connectivity index (χ1) is 15.1. The zero-order valence-corrected chi connectivity index (χ0v) is 19.2. The summed E-state index contributed by atoms with van der Waals surface area (Å²) in [5, 5.41) is 4.45. The maximum Gasteiger partial charge on any atom is 0.415 e. The van der Waals surface area contributed by atoms with Gasteiger partial charge in [0.2, 0.25) is 0 Å². The highest BCUT2D eigenvalue weighted by Gasteiger charge is 2.25. The number of fused-ring (bicyclic) bond motifs is 1. The fraction of sp³-hybridized carbons (Fsp3) is 0.435. The van der Waals surface area contributed by atoms with Crippen LogP contribution < -0.4 is 4.90 Å². The van der Waals surface area contributed by atoms with Gasteiger partial charge in [0.15, 0.2) is 5.82 Å². The van der Waals surface area contributed by atoms with Crippen molar-refractivity contribution in [3.05, 3.63) is 53.6 Å². The molecule has 9 nitrogen and oxygen atoms in total. The Labute approximate surface area is 187 Å². The maximum absolute atomic E-state index is 12.6. The minimum Gasteiger partial charge on any atom is -0.464 e. The van der Waals surface area contributed by atoms with Crippen molar-refractivity contribution in [1.29, 1.82) is 0 Å². The van der Waals surface area contributed by atoms with Crippen molar-refractivity contribution in [2.45, 2.75) is 53.1 Å². The monoisotopic (exact) mass is 439 g/mol. The number of anilines is 1. The third-order valence-corrected chi connectivity index (χ3v) is 4.44. The van der Waals surface area contributed by atoms with E-state index >= 15 is 0 Å². The number of amides is 1. The third kappa shape index (κ3) is 6.26. The number of para-hydroxylation sites is 1. The summed E-state index contributed by atoms with van der Waals surface area (Å²) in [5.74, 6) is 0.683. The summed E-state index contributed by atoms with van der Waals surface area (Å²) in [4.78, 5) is 35.1. The summed E-state index contributed by atoms with van der Waals surface area (Å²) in [6, 6.07) is 10.8. The molecule has 0 spiro atoms. The van der Waals surface area contributed by atoms with Crippen molar-refractivity contribution in [2.24, 2.45) is 0 Å². The van der Waals surface area contributed by atoms with E-state index in [0.29, 0.717) is 30.1 Å². The Hall–Kier alpha value is -3.49. The van der Waals surface area contributed by atoms with Crippen molar-refractivity contribution < 1.29 is 19.1 Å². The van der Waals surface area contributed by atoms with Gasteiger partial charge in [0.25, 0.3) is 5.78 Å². The lowest BCUT2D eigenvalue weighted by Crippen LogP contribution is -2.40. The second-order valence-corrected chi connectivity index (χ2v) is 8.50. The van der Waals surface area contributed by atoms with E-state index in [1.165, 1.54) is 4.90 Å². The predicted octanol–water partition coefficient (Wildman–Crippen LogP) is 3.66. The number of hydrogen-bond donors (Lipinski definition) is 0. The molecule has 9 heteroatoms. The number of nitrogens with zero attached hydrogens (tertiary/aromatic N) is 5. The van der Waals surface area contributed by atoms with Crippen molar-refractivity contribution in [1.82, 2.24) is 19.6 Å². The molecule has 0 atom stereocenters. The lowest BCUT2D eigenvalue weighted by molar-refractivity contribution is -0.142. The normalized spacial score (nSPS) is 11.4. The molecule has 2 aromatic heterocycles. The van der Waals surface area contributed by atoms with Crippen molar-refractivity contribution in [2.75, 3.05) is 18.1 Å². The second-order valence-electron chi connectivity index (χ2n) is 8.50. The zero-order chi connectivity index (χ0) is 23.3. The number of ether oxygens (including phenoxy) is 2. The van der Waals surface area contributed by atoms with E-state index in [2.05, 4.69) is 15.1 Å². The molecule has 0 bridgehead atoms. The molecule has 0 radical (unpaired) electrons. The Kier molecular flexibility index (Phi) is 7.07. The molecule has 2 heterocycles. The minimum atomic E-state index is -0.680.